The largest absolute Gasteiger partial charge is 0.467 e. The first-order valence-electron chi connectivity index (χ1n) is 11.9. The fraction of sp³-hybridized carbons (Fsp3) is 0.346. The molecule has 1 aliphatic heterocycles. The number of rotatable bonds is 9. The number of aromatic nitrogens is 2. The maximum atomic E-state index is 13.9. The molecular formula is C26H28Cl2FN5O3. The number of hydrogen-bond acceptors (Lipinski definition) is 7. The highest BCUT2D eigenvalue weighted by atomic mass is 35.5. The molecule has 0 saturated carbocycles. The number of nitrogens with one attached hydrogen (secondary N) is 1. The lowest BCUT2D eigenvalue weighted by Gasteiger charge is -2.19. The van der Waals surface area contributed by atoms with Gasteiger partial charge >= 0.3 is 0 Å². The van der Waals surface area contributed by atoms with E-state index in [-0.39, 0.29) is 39.8 Å². The van der Waals surface area contributed by atoms with Gasteiger partial charge in [0.05, 0.1) is 23.0 Å². The fourth-order valence-corrected chi connectivity index (χ4v) is 4.86. The summed E-state index contributed by atoms with van der Waals surface area (Å²) in [7, 11) is 0. The number of nitrogen functional groups attached to an aromatic ring is 1. The number of nitrogens with two attached hydrogens (primary N) is 1. The Morgan fingerprint density at radius 3 is 2.62 bits per heavy atom. The summed E-state index contributed by atoms with van der Waals surface area (Å²) in [5, 5.41) is 13.1. The summed E-state index contributed by atoms with van der Waals surface area (Å²) in [6.07, 6.45) is 2.40. The van der Waals surface area contributed by atoms with Gasteiger partial charge in [-0.3, -0.25) is 4.79 Å². The van der Waals surface area contributed by atoms with Gasteiger partial charge in [-0.2, -0.15) is 0 Å². The normalized spacial score (nSPS) is 15.4. The second-order valence-corrected chi connectivity index (χ2v) is 9.70. The van der Waals surface area contributed by atoms with Crippen molar-refractivity contribution in [3.63, 3.8) is 0 Å². The van der Waals surface area contributed by atoms with Gasteiger partial charge in [-0.05, 0) is 57.1 Å². The molecular weight excluding hydrogens is 520 g/mol. The summed E-state index contributed by atoms with van der Waals surface area (Å²) in [6, 6.07) is 9.34. The van der Waals surface area contributed by atoms with Crippen molar-refractivity contribution in [1.29, 1.82) is 0 Å². The van der Waals surface area contributed by atoms with E-state index in [0.717, 1.165) is 25.9 Å². The van der Waals surface area contributed by atoms with Crippen LogP contribution in [-0.4, -0.2) is 58.2 Å². The Labute approximate surface area is 224 Å². The van der Waals surface area contributed by atoms with Gasteiger partial charge in [-0.1, -0.05) is 35.3 Å². The number of ether oxygens (including phenoxy) is 1. The first kappa shape index (κ1) is 27.1. The van der Waals surface area contributed by atoms with Crippen LogP contribution in [0.2, 0.25) is 10.0 Å². The number of carbonyl (C=O) groups excluding carboxylic acids is 1. The zero-order valence-corrected chi connectivity index (χ0v) is 21.8. The van der Waals surface area contributed by atoms with Crippen LogP contribution in [-0.2, 0) is 0 Å². The molecule has 37 heavy (non-hydrogen) atoms. The molecule has 1 unspecified atom stereocenters. The Balaban J connectivity index is 1.41. The van der Waals surface area contributed by atoms with E-state index in [1.165, 1.54) is 18.3 Å². The number of carbonyl (C=O) groups is 1. The zero-order chi connectivity index (χ0) is 26.5. The third-order valence-electron chi connectivity index (χ3n) is 6.15. The lowest BCUT2D eigenvalue weighted by Crippen LogP contribution is -2.39. The first-order chi connectivity index (χ1) is 17.7. The van der Waals surface area contributed by atoms with E-state index in [0.29, 0.717) is 23.4 Å². The maximum Gasteiger partial charge on any atom is 0.258 e. The summed E-state index contributed by atoms with van der Waals surface area (Å²) in [6.45, 7) is 4.35. The molecule has 11 heteroatoms. The van der Waals surface area contributed by atoms with Crippen molar-refractivity contribution in [2.75, 3.05) is 31.9 Å². The second kappa shape index (κ2) is 12.0. The molecule has 4 N–H and O–H groups in total. The summed E-state index contributed by atoms with van der Waals surface area (Å²) in [4.78, 5) is 23.3. The van der Waals surface area contributed by atoms with Crippen LogP contribution < -0.4 is 15.8 Å². The summed E-state index contributed by atoms with van der Waals surface area (Å²) in [5.74, 6) is -0.815. The lowest BCUT2D eigenvalue weighted by molar-refractivity contribution is 0.0879. The third-order valence-corrected chi connectivity index (χ3v) is 6.86. The van der Waals surface area contributed by atoms with E-state index in [9.17, 15) is 14.3 Å². The highest BCUT2D eigenvalue weighted by Gasteiger charge is 2.21. The van der Waals surface area contributed by atoms with Gasteiger partial charge in [-0.25, -0.2) is 14.4 Å². The van der Waals surface area contributed by atoms with Crippen LogP contribution >= 0.6 is 23.2 Å². The standard InChI is InChI=1S/C26H28Cl2FN5O3/c1-15(22-19(27)8-9-20(29)23(22)28)37-26-24(30)31-13-21(33-26)16-4-6-17(7-5-16)25(36)32-12-18(35)14-34-10-2-3-11-34/h4-9,13,15,18,35H,2-3,10-12,14H2,1H3,(H2,30,31)(H,32,36)/t15?,18-/m1/s1. The summed E-state index contributed by atoms with van der Waals surface area (Å²) >= 11 is 12.3. The van der Waals surface area contributed by atoms with Gasteiger partial charge in [0.1, 0.15) is 11.9 Å². The molecule has 1 aliphatic rings. The SMILES string of the molecule is CC(Oc1nc(-c2ccc(C(=O)NC[C@@H](O)CN3CCCC3)cc2)cnc1N)c1c(Cl)ccc(F)c1Cl. The first-order valence-corrected chi connectivity index (χ1v) is 12.7. The zero-order valence-electron chi connectivity index (χ0n) is 20.3. The van der Waals surface area contributed by atoms with Crippen molar-refractivity contribution in [2.24, 2.45) is 0 Å². The number of anilines is 1. The average molecular weight is 548 g/mol. The number of aliphatic hydroxyl groups is 1. The fourth-order valence-electron chi connectivity index (χ4n) is 4.18. The Morgan fingerprint density at radius 2 is 1.92 bits per heavy atom. The Kier molecular flexibility index (Phi) is 8.81. The number of β-amino-alcohol motifs (C(OH)–C–C–N with tert-alkyl or cyclic N) is 1. The van der Waals surface area contributed by atoms with E-state index >= 15 is 0 Å². The van der Waals surface area contributed by atoms with Crippen LogP contribution in [0.3, 0.4) is 0 Å². The molecule has 0 bridgehead atoms. The van der Waals surface area contributed by atoms with Crippen LogP contribution in [0.1, 0.15) is 41.8 Å². The minimum Gasteiger partial charge on any atom is -0.467 e. The molecule has 1 fully saturated rings. The van der Waals surface area contributed by atoms with Crippen molar-refractivity contribution in [3.8, 4) is 17.1 Å². The molecule has 0 aliphatic carbocycles. The highest BCUT2D eigenvalue weighted by Crippen LogP contribution is 2.35. The highest BCUT2D eigenvalue weighted by molar-refractivity contribution is 6.36. The average Bonchev–Trinajstić information content (AvgIpc) is 3.39. The number of hydrogen-bond donors (Lipinski definition) is 3. The number of aliphatic hydroxyl groups excluding tert-OH is 1. The molecule has 196 valence electrons. The van der Waals surface area contributed by atoms with Gasteiger partial charge in [0.2, 0.25) is 0 Å². The van der Waals surface area contributed by atoms with E-state index < -0.39 is 18.0 Å². The quantitative estimate of drug-likeness (QED) is 0.338. The number of amides is 1. The molecule has 4 rings (SSSR count). The Bertz CT molecular complexity index is 1260. The summed E-state index contributed by atoms with van der Waals surface area (Å²) in [5.41, 5.74) is 7.81. The van der Waals surface area contributed by atoms with Gasteiger partial charge in [0, 0.05) is 34.8 Å². The van der Waals surface area contributed by atoms with Crippen LogP contribution in [0.25, 0.3) is 11.3 Å². The number of benzene rings is 2. The van der Waals surface area contributed by atoms with E-state index in [1.807, 2.05) is 0 Å². The molecule has 0 radical (unpaired) electrons. The van der Waals surface area contributed by atoms with Crippen molar-refractivity contribution >= 4 is 34.9 Å². The lowest BCUT2D eigenvalue weighted by atomic mass is 10.1. The summed E-state index contributed by atoms with van der Waals surface area (Å²) < 4.78 is 19.8. The molecule has 2 aromatic carbocycles. The van der Waals surface area contributed by atoms with Crippen LogP contribution in [0.15, 0.2) is 42.6 Å². The van der Waals surface area contributed by atoms with Crippen molar-refractivity contribution in [1.82, 2.24) is 20.2 Å². The molecule has 2 heterocycles. The molecule has 1 amide bonds. The third kappa shape index (κ3) is 6.67. The van der Waals surface area contributed by atoms with E-state index in [2.05, 4.69) is 20.2 Å². The second-order valence-electron chi connectivity index (χ2n) is 8.91. The number of halogens is 3. The predicted molar refractivity (Wildman–Crippen MR) is 141 cm³/mol. The minimum atomic E-state index is -0.755. The molecule has 1 aromatic heterocycles. The van der Waals surface area contributed by atoms with E-state index in [4.69, 9.17) is 33.7 Å². The maximum absolute atomic E-state index is 13.9. The number of nitrogens with zero attached hydrogens (tertiary/aromatic N) is 3. The molecule has 8 nitrogen and oxygen atoms in total. The minimum absolute atomic E-state index is 0.0372. The molecule has 2 atom stereocenters. The number of likely N-dealkylation sites (tertiary alicyclic amines) is 1. The van der Waals surface area contributed by atoms with Gasteiger partial charge < -0.3 is 25.8 Å². The molecule has 1 saturated heterocycles. The monoisotopic (exact) mass is 547 g/mol. The van der Waals surface area contributed by atoms with Crippen molar-refractivity contribution < 1.29 is 19.0 Å². The van der Waals surface area contributed by atoms with Crippen molar-refractivity contribution in [3.05, 3.63) is 69.6 Å². The Morgan fingerprint density at radius 1 is 1.22 bits per heavy atom. The van der Waals surface area contributed by atoms with Crippen LogP contribution in [0.5, 0.6) is 5.88 Å². The Hall–Kier alpha value is -2.98. The van der Waals surface area contributed by atoms with Crippen LogP contribution in [0, 0.1) is 5.82 Å². The molecule has 0 spiro atoms. The van der Waals surface area contributed by atoms with Gasteiger partial charge in [0.25, 0.3) is 11.8 Å². The smallest absolute Gasteiger partial charge is 0.258 e. The van der Waals surface area contributed by atoms with Crippen molar-refractivity contribution in [2.45, 2.75) is 32.0 Å². The predicted octanol–water partition coefficient (Wildman–Crippen LogP) is 4.50. The van der Waals surface area contributed by atoms with Crippen LogP contribution in [0.4, 0.5) is 10.2 Å². The van der Waals surface area contributed by atoms with E-state index in [1.54, 1.807) is 31.2 Å². The van der Waals surface area contributed by atoms with Gasteiger partial charge in [-0.15, -0.1) is 0 Å². The van der Waals surface area contributed by atoms with Gasteiger partial charge in [0.15, 0.2) is 5.82 Å². The topological polar surface area (TPSA) is 114 Å². The molecule has 3 aromatic rings.